The molecule has 0 rings (SSSR count). The minimum Gasteiger partial charge on any atom is -0.569 e. The van der Waals surface area contributed by atoms with Crippen LogP contribution in [0.3, 0.4) is 0 Å². The Balaban J connectivity index is -0.00000000356. The zero-order valence-corrected chi connectivity index (χ0v) is 29.8. The van der Waals surface area contributed by atoms with E-state index in [2.05, 4.69) is 114 Å². The van der Waals surface area contributed by atoms with Crippen molar-refractivity contribution >= 4 is 0 Å². The van der Waals surface area contributed by atoms with Crippen molar-refractivity contribution in [2.75, 3.05) is 0 Å². The Morgan fingerprint density at radius 2 is 0.184 bits per heavy atom. The Labute approximate surface area is 307 Å². The van der Waals surface area contributed by atoms with Crippen LogP contribution in [0.5, 0.6) is 0 Å². The molecule has 0 bridgehead atoms. The van der Waals surface area contributed by atoms with Crippen molar-refractivity contribution in [2.45, 2.75) is 0 Å². The summed E-state index contributed by atoms with van der Waals surface area (Å²) >= 11 is 0. The first-order valence-corrected chi connectivity index (χ1v) is 5.06. The Morgan fingerprint density at radius 1 is 0.184 bits per heavy atom. The summed E-state index contributed by atoms with van der Waals surface area (Å²) in [6, 6.07) is 0. The van der Waals surface area contributed by atoms with Crippen LogP contribution < -0.4 is 0 Å². The fourth-order valence-corrected chi connectivity index (χ4v) is 0. The molecule has 0 unspecified atom stereocenters. The van der Waals surface area contributed by atoms with Crippen LogP contribution in [0, 0.1) is 114 Å². The van der Waals surface area contributed by atoms with Gasteiger partial charge in [0.05, 0.1) is 0 Å². The largest absolute Gasteiger partial charge is 3.00 e. The maximum Gasteiger partial charge on any atom is 3.00 e. The summed E-state index contributed by atoms with van der Waals surface area (Å²) in [6.45, 7) is 0. The van der Waals surface area contributed by atoms with E-state index in [1.54, 1.807) is 0 Å². The van der Waals surface area contributed by atoms with Gasteiger partial charge in [-0.05, 0) is 0 Å². The predicted octanol–water partition coefficient (Wildman–Crippen LogP) is 2.39. The minimum absolute atomic E-state index is 0. The number of aliphatic hydroxyl groups excluding tert-OH is 16. The monoisotopic (exact) mass is 1070 g/mol. The van der Waals surface area contributed by atoms with Crippen LogP contribution in [-0.4, -0.2) is 81.7 Å². The molecule has 0 spiro atoms. The quantitative estimate of drug-likeness (QED) is 0.122. The van der Waals surface area contributed by atoms with Gasteiger partial charge in [-0.15, -0.1) is 0 Å². The second-order valence-corrected chi connectivity index (χ2v) is 0. The van der Waals surface area contributed by atoms with Gasteiger partial charge in [0.1, 0.15) is 0 Å². The Kier molecular flexibility index (Phi) is 32400. The third-order valence-electron chi connectivity index (χ3n) is 0. The van der Waals surface area contributed by atoms with E-state index in [1.807, 2.05) is 0 Å². The summed E-state index contributed by atoms with van der Waals surface area (Å²) < 4.78 is 0. The predicted molar refractivity (Wildman–Crippen MR) is 117 cm³/mol. The molecule has 0 aliphatic rings. The van der Waals surface area contributed by atoms with Crippen LogP contribution in [0.15, 0.2) is 0 Å². The van der Waals surface area contributed by atoms with E-state index in [1.165, 1.54) is 0 Å². The van der Waals surface area contributed by atoms with Gasteiger partial charge >= 0.3 is 95.0 Å². The normalized spacial score (nSPS) is 2.53. The zero-order chi connectivity index (χ0) is 32.0. The first-order chi connectivity index (χ1) is 16.0. The molecule has 0 aliphatic heterocycles. The van der Waals surface area contributed by atoms with Crippen molar-refractivity contribution in [3.8, 4) is 0 Å². The third-order valence-corrected chi connectivity index (χ3v) is 0. The molecule has 38 heavy (non-hydrogen) atoms. The van der Waals surface area contributed by atoms with Crippen LogP contribution in [0.2, 0.25) is 0 Å². The molecule has 22 heteroatoms. The summed E-state index contributed by atoms with van der Waals surface area (Å²) in [6.07, 6.45) is 0. The molecular formula is C16H48FeO16Rh5-4. The molecule has 0 amide bonds. The van der Waals surface area contributed by atoms with Gasteiger partial charge in [0, 0.05) is 19.5 Å². The molecule has 0 aromatic carbocycles. The standard InChI is InChI=1S/16CH3O.Fe.5Rh/c16*1-2;;;;;;/h16*2H,1H2;;;;;;/q16*-1;+2;;2*+2;2*+3. The Bertz CT molecular complexity index is 59.8. The molecule has 0 aromatic heterocycles. The topological polar surface area (TPSA) is 324 Å². The number of aliphatic hydroxyl groups is 16. The second-order valence-electron chi connectivity index (χ2n) is 0. The van der Waals surface area contributed by atoms with Gasteiger partial charge in [0.25, 0.3) is 0 Å². The van der Waals surface area contributed by atoms with Crippen LogP contribution in [0.1, 0.15) is 0 Å². The van der Waals surface area contributed by atoms with Crippen molar-refractivity contribution in [2.24, 2.45) is 0 Å². The summed E-state index contributed by atoms with van der Waals surface area (Å²) in [4.78, 5) is 0. The molecule has 0 aromatic rings. The van der Waals surface area contributed by atoms with E-state index in [9.17, 15) is 0 Å². The average molecular weight is 1070 g/mol. The molecule has 0 saturated heterocycles. The van der Waals surface area contributed by atoms with Crippen LogP contribution in [0.25, 0.3) is 0 Å². The van der Waals surface area contributed by atoms with Gasteiger partial charge in [-0.1, -0.05) is 0 Å². The van der Waals surface area contributed by atoms with E-state index < -0.39 is 0 Å². The molecule has 0 fully saturated rings. The van der Waals surface area contributed by atoms with E-state index >= 15 is 0 Å². The van der Waals surface area contributed by atoms with E-state index in [0.717, 1.165) is 0 Å². The van der Waals surface area contributed by atoms with Gasteiger partial charge in [0.2, 0.25) is 0 Å². The van der Waals surface area contributed by atoms with Gasteiger partial charge in [0.15, 0.2) is 0 Å². The number of hydrogen-bond acceptors (Lipinski definition) is 16. The van der Waals surface area contributed by atoms with Crippen molar-refractivity contribution in [1.29, 1.82) is 0 Å². The molecule has 0 aliphatic carbocycles. The van der Waals surface area contributed by atoms with Crippen LogP contribution in [-0.2, 0) is 114 Å². The van der Waals surface area contributed by atoms with Crippen molar-refractivity contribution in [3.63, 3.8) is 0 Å². The SMILES string of the molecule is [CH2-]O.[CH2-]O.[CH2-]O.[CH2-]O.[CH2-]O.[CH2-]O.[CH2-]O.[CH2-]O.[CH2-]O.[CH2-]O.[CH2-]O.[CH2-]O.[CH2-]O.[CH2-]O.[CH2-]O.[CH2-]O.[Fe+2].[Rh+2].[Rh+2].[Rh+3].[Rh+3].[Rh]. The molecule has 265 valence electrons. The number of rotatable bonds is 0. The van der Waals surface area contributed by atoms with E-state index in [0.29, 0.717) is 0 Å². The summed E-state index contributed by atoms with van der Waals surface area (Å²) in [7, 11) is 36.0. The molecule has 3 radical (unpaired) electrons. The molecule has 16 nitrogen and oxygen atoms in total. The van der Waals surface area contributed by atoms with Crippen molar-refractivity contribution in [3.05, 3.63) is 114 Å². The van der Waals surface area contributed by atoms with Crippen molar-refractivity contribution in [1.82, 2.24) is 0 Å². The number of hydrogen-bond donors (Lipinski definition) is 16. The average Bonchev–Trinajstić information content (AvgIpc) is 3.05. The van der Waals surface area contributed by atoms with Gasteiger partial charge in [-0.2, -0.15) is 0 Å². The maximum absolute atomic E-state index is 6.75. The van der Waals surface area contributed by atoms with Gasteiger partial charge < -0.3 is 81.7 Å². The molecular weight excluding hydrogens is 1020 g/mol. The third kappa shape index (κ3) is 6270. The smallest absolute Gasteiger partial charge is 0.569 e. The zero-order valence-electron chi connectivity index (χ0n) is 20.5. The summed E-state index contributed by atoms with van der Waals surface area (Å²) in [5, 5.41) is 108. The Morgan fingerprint density at radius 3 is 0.184 bits per heavy atom. The van der Waals surface area contributed by atoms with E-state index in [-0.39, 0.29) is 114 Å². The maximum atomic E-state index is 6.75. The molecule has 16 N–H and O–H groups in total. The first kappa shape index (κ1) is 182. The van der Waals surface area contributed by atoms with Gasteiger partial charge in [-0.3, -0.25) is 0 Å². The Hall–Kier alpha value is 3.00. The molecule has 0 saturated carbocycles. The first-order valence-electron chi connectivity index (χ1n) is 5.06. The fraction of sp³-hybridized carbons (Fsp3) is 0. The van der Waals surface area contributed by atoms with Crippen LogP contribution >= 0.6 is 0 Å². The second kappa shape index (κ2) is 6770. The van der Waals surface area contributed by atoms with Crippen molar-refractivity contribution < 1.29 is 196 Å². The van der Waals surface area contributed by atoms with Gasteiger partial charge in [-0.25, -0.2) is 114 Å². The van der Waals surface area contributed by atoms with Crippen LogP contribution in [0.4, 0.5) is 0 Å². The minimum atomic E-state index is 0. The summed E-state index contributed by atoms with van der Waals surface area (Å²) in [5.74, 6) is 0. The molecule has 0 heterocycles. The summed E-state index contributed by atoms with van der Waals surface area (Å²) in [5.41, 5.74) is 0. The van der Waals surface area contributed by atoms with E-state index in [4.69, 9.17) is 81.7 Å². The fourth-order valence-electron chi connectivity index (χ4n) is 0. The molecule has 0 atom stereocenters.